The van der Waals surface area contributed by atoms with E-state index in [2.05, 4.69) is 137 Å². The van der Waals surface area contributed by atoms with Gasteiger partial charge in [0, 0.05) is 5.41 Å². The van der Waals surface area contributed by atoms with Crippen LogP contribution in [0.4, 0.5) is 0 Å². The van der Waals surface area contributed by atoms with Crippen molar-refractivity contribution >= 4 is 21.5 Å². The van der Waals surface area contributed by atoms with E-state index < -0.39 is 0 Å². The van der Waals surface area contributed by atoms with Gasteiger partial charge in [0.15, 0.2) is 0 Å². The van der Waals surface area contributed by atoms with Crippen molar-refractivity contribution < 1.29 is 0 Å². The molecule has 0 unspecified atom stereocenters. The highest BCUT2D eigenvalue weighted by Gasteiger charge is 2.36. The molecule has 0 saturated heterocycles. The molecule has 6 aromatic carbocycles. The minimum Gasteiger partial charge on any atom is -0.0616 e. The molecule has 0 atom stereocenters. The zero-order valence-corrected chi connectivity index (χ0v) is 21.9. The number of rotatable bonds is 2. The topological polar surface area (TPSA) is 0 Å². The molecule has 7 rings (SSSR count). The molecule has 0 aliphatic heterocycles. The van der Waals surface area contributed by atoms with Crippen LogP contribution in [0.25, 0.3) is 54.9 Å². The van der Waals surface area contributed by atoms with Crippen molar-refractivity contribution in [3.8, 4) is 33.4 Å². The third kappa shape index (κ3) is 3.36. The van der Waals surface area contributed by atoms with Crippen LogP contribution >= 0.6 is 0 Å². The van der Waals surface area contributed by atoms with Crippen molar-refractivity contribution in [3.63, 3.8) is 0 Å². The second-order valence-electron chi connectivity index (χ2n) is 11.2. The molecule has 37 heavy (non-hydrogen) atoms. The molecule has 0 radical (unpaired) electrons. The fourth-order valence-electron chi connectivity index (χ4n) is 6.47. The summed E-state index contributed by atoms with van der Waals surface area (Å²) in [5.41, 5.74) is 13.3. The first kappa shape index (κ1) is 22.1. The summed E-state index contributed by atoms with van der Waals surface area (Å²) in [5, 5.41) is 5.23. The second kappa shape index (κ2) is 7.92. The molecule has 0 nitrogen and oxygen atoms in total. The fourth-order valence-corrected chi connectivity index (χ4v) is 6.47. The van der Waals surface area contributed by atoms with Gasteiger partial charge < -0.3 is 0 Å². The Morgan fingerprint density at radius 2 is 0.865 bits per heavy atom. The lowest BCUT2D eigenvalue weighted by Crippen LogP contribution is -2.15. The Morgan fingerprint density at radius 3 is 1.32 bits per heavy atom. The third-order valence-corrected chi connectivity index (χ3v) is 8.31. The smallest absolute Gasteiger partial charge is 0.0159 e. The molecule has 1 aliphatic rings. The van der Waals surface area contributed by atoms with Gasteiger partial charge in [-0.15, -0.1) is 0 Å². The molecule has 0 heteroatoms. The van der Waals surface area contributed by atoms with Crippen LogP contribution in [0.5, 0.6) is 0 Å². The van der Waals surface area contributed by atoms with E-state index in [1.54, 1.807) is 0 Å². The van der Waals surface area contributed by atoms with Crippen molar-refractivity contribution in [1.82, 2.24) is 0 Å². The molecular weight excluding hydrogens is 444 g/mol. The third-order valence-electron chi connectivity index (χ3n) is 8.31. The first-order valence-corrected chi connectivity index (χ1v) is 13.2. The molecule has 0 fully saturated rings. The zero-order chi connectivity index (χ0) is 25.3. The van der Waals surface area contributed by atoms with E-state index in [0.717, 1.165) is 0 Å². The van der Waals surface area contributed by atoms with Gasteiger partial charge in [0.25, 0.3) is 0 Å². The molecule has 0 heterocycles. The summed E-state index contributed by atoms with van der Waals surface area (Å²) >= 11 is 0. The summed E-state index contributed by atoms with van der Waals surface area (Å²) < 4.78 is 0. The zero-order valence-electron chi connectivity index (χ0n) is 21.9. The van der Waals surface area contributed by atoms with Crippen molar-refractivity contribution in [2.24, 2.45) is 0 Å². The highest BCUT2D eigenvalue weighted by molar-refractivity contribution is 6.00. The quantitative estimate of drug-likeness (QED) is 0.234. The Bertz CT molecular complexity index is 1730. The molecule has 6 aromatic rings. The summed E-state index contributed by atoms with van der Waals surface area (Å²) in [6, 6.07) is 40.9. The van der Waals surface area contributed by atoms with Crippen LogP contribution < -0.4 is 0 Å². The largest absolute Gasteiger partial charge is 0.0616 e. The van der Waals surface area contributed by atoms with Crippen LogP contribution in [0.3, 0.4) is 0 Å². The molecular formula is C37H30. The van der Waals surface area contributed by atoms with E-state index in [1.165, 1.54) is 77.2 Å². The average Bonchev–Trinajstić information content (AvgIpc) is 3.13. The van der Waals surface area contributed by atoms with E-state index in [4.69, 9.17) is 0 Å². The van der Waals surface area contributed by atoms with Gasteiger partial charge in [-0.25, -0.2) is 0 Å². The van der Waals surface area contributed by atoms with E-state index in [9.17, 15) is 0 Å². The van der Waals surface area contributed by atoms with Crippen LogP contribution in [0.1, 0.15) is 36.1 Å². The van der Waals surface area contributed by atoms with Crippen molar-refractivity contribution in [3.05, 3.63) is 131 Å². The van der Waals surface area contributed by atoms with Gasteiger partial charge in [-0.05, 0) is 103 Å². The van der Waals surface area contributed by atoms with Gasteiger partial charge in [0.05, 0.1) is 0 Å². The SMILES string of the molecule is Cc1cc(-c2ccc3c(c2)C(C)(C)c2cc(-c4cc(C)cc5ccccc45)ccc2-3)c2ccccc2c1. The first-order chi connectivity index (χ1) is 17.9. The minimum absolute atomic E-state index is 0.0735. The first-order valence-electron chi connectivity index (χ1n) is 13.2. The molecule has 178 valence electrons. The Labute approximate surface area is 219 Å². The molecule has 0 amide bonds. The monoisotopic (exact) mass is 474 g/mol. The van der Waals surface area contributed by atoms with E-state index >= 15 is 0 Å². The van der Waals surface area contributed by atoms with Crippen molar-refractivity contribution in [2.75, 3.05) is 0 Å². The van der Waals surface area contributed by atoms with Gasteiger partial charge in [0.2, 0.25) is 0 Å². The van der Waals surface area contributed by atoms with Crippen LogP contribution in [-0.4, -0.2) is 0 Å². The Balaban J connectivity index is 1.39. The number of fused-ring (bicyclic) bond motifs is 5. The minimum atomic E-state index is -0.0735. The molecule has 0 spiro atoms. The van der Waals surface area contributed by atoms with Crippen LogP contribution in [-0.2, 0) is 5.41 Å². The van der Waals surface area contributed by atoms with Crippen molar-refractivity contribution in [2.45, 2.75) is 33.1 Å². The van der Waals surface area contributed by atoms with Gasteiger partial charge in [-0.1, -0.05) is 111 Å². The highest BCUT2D eigenvalue weighted by atomic mass is 14.4. The highest BCUT2D eigenvalue weighted by Crippen LogP contribution is 2.51. The van der Waals surface area contributed by atoms with Gasteiger partial charge in [0.1, 0.15) is 0 Å². The lowest BCUT2D eigenvalue weighted by Gasteiger charge is -2.23. The second-order valence-corrected chi connectivity index (χ2v) is 11.2. The molecule has 0 N–H and O–H groups in total. The Hall–Kier alpha value is -4.16. The van der Waals surface area contributed by atoms with Gasteiger partial charge in [-0.2, -0.15) is 0 Å². The predicted molar refractivity (Wildman–Crippen MR) is 159 cm³/mol. The summed E-state index contributed by atoms with van der Waals surface area (Å²) in [6.45, 7) is 9.15. The summed E-state index contributed by atoms with van der Waals surface area (Å²) in [4.78, 5) is 0. The molecule has 1 aliphatic carbocycles. The van der Waals surface area contributed by atoms with Crippen molar-refractivity contribution in [1.29, 1.82) is 0 Å². The summed E-state index contributed by atoms with van der Waals surface area (Å²) in [5.74, 6) is 0. The summed E-state index contributed by atoms with van der Waals surface area (Å²) in [7, 11) is 0. The maximum absolute atomic E-state index is 2.44. The lowest BCUT2D eigenvalue weighted by molar-refractivity contribution is 0.661. The maximum Gasteiger partial charge on any atom is 0.0159 e. The molecule has 0 aromatic heterocycles. The predicted octanol–water partition coefficient (Wildman–Crippen LogP) is 10.3. The normalized spacial score (nSPS) is 13.6. The van der Waals surface area contributed by atoms with Crippen LogP contribution in [0.2, 0.25) is 0 Å². The van der Waals surface area contributed by atoms with Gasteiger partial charge >= 0.3 is 0 Å². The number of benzene rings is 6. The molecule has 0 bridgehead atoms. The number of hydrogen-bond donors (Lipinski definition) is 0. The standard InChI is InChI=1S/C37H30/c1-23-17-25-9-5-7-11-29(25)33(19-23)27-13-15-31-32-16-14-28(22-36(32)37(3,4)35(31)21-27)34-20-24(2)18-26-10-6-8-12-30(26)34/h5-22H,1-4H3. The van der Waals surface area contributed by atoms with Crippen LogP contribution in [0, 0.1) is 13.8 Å². The summed E-state index contributed by atoms with van der Waals surface area (Å²) in [6.07, 6.45) is 0. The fraction of sp³-hybridized carbons (Fsp3) is 0.135. The van der Waals surface area contributed by atoms with E-state index in [-0.39, 0.29) is 5.41 Å². The number of aryl methyl sites for hydroxylation is 2. The Morgan fingerprint density at radius 1 is 0.432 bits per heavy atom. The van der Waals surface area contributed by atoms with Crippen LogP contribution in [0.15, 0.2) is 109 Å². The number of hydrogen-bond acceptors (Lipinski definition) is 0. The van der Waals surface area contributed by atoms with E-state index in [1.807, 2.05) is 0 Å². The lowest BCUT2D eigenvalue weighted by atomic mass is 9.80. The van der Waals surface area contributed by atoms with E-state index in [0.29, 0.717) is 0 Å². The molecule has 0 saturated carbocycles. The van der Waals surface area contributed by atoms with Gasteiger partial charge in [-0.3, -0.25) is 0 Å². The maximum atomic E-state index is 2.44. The average molecular weight is 475 g/mol. The Kier molecular flexibility index (Phi) is 4.72.